The second-order valence-electron chi connectivity index (χ2n) is 2.97. The number of rotatable bonds is 1. The smallest absolute Gasteiger partial charge is 0.129 e. The van der Waals surface area contributed by atoms with Crippen molar-refractivity contribution in [1.29, 1.82) is 0 Å². The molecule has 1 heterocycles. The number of benzene rings is 1. The van der Waals surface area contributed by atoms with Crippen LogP contribution in [0.1, 0.15) is 0 Å². The summed E-state index contributed by atoms with van der Waals surface area (Å²) in [7, 11) is 0. The van der Waals surface area contributed by atoms with Gasteiger partial charge in [0.15, 0.2) is 0 Å². The minimum atomic E-state index is 0.499. The lowest BCUT2D eigenvalue weighted by atomic mass is 10.1. The first-order valence-electron chi connectivity index (χ1n) is 4.24. The Hall–Kier alpha value is -1.54. The van der Waals surface area contributed by atoms with Gasteiger partial charge in [0.25, 0.3) is 0 Å². The van der Waals surface area contributed by atoms with Crippen molar-refractivity contribution in [3.05, 3.63) is 47.6 Å². The number of pyridine rings is 1. The highest BCUT2D eigenvalue weighted by atomic mass is 35.5. The quantitative estimate of drug-likeness (QED) is 0.573. The number of hydrogen-bond acceptors (Lipinski definition) is 2. The zero-order chi connectivity index (χ0) is 9.97. The van der Waals surface area contributed by atoms with E-state index in [0.717, 1.165) is 16.9 Å². The minimum absolute atomic E-state index is 0.499. The van der Waals surface area contributed by atoms with Crippen LogP contribution in [0.15, 0.2) is 42.5 Å². The molecule has 2 N–H and O–H groups in total. The molecule has 0 bridgehead atoms. The molecular formula is C11H9ClN2. The van der Waals surface area contributed by atoms with E-state index in [2.05, 4.69) is 4.98 Å². The predicted octanol–water partition coefficient (Wildman–Crippen LogP) is 2.98. The standard InChI is InChI=1S/C11H9ClN2/c12-11-3-1-2-10(14-11)8-4-6-9(13)7-5-8/h1-7H,13H2. The van der Waals surface area contributed by atoms with Gasteiger partial charge in [0.05, 0.1) is 5.69 Å². The monoisotopic (exact) mass is 204 g/mol. The average molecular weight is 205 g/mol. The number of hydrogen-bond donors (Lipinski definition) is 1. The van der Waals surface area contributed by atoms with Gasteiger partial charge in [-0.05, 0) is 24.3 Å². The number of nitrogen functional groups attached to an aromatic ring is 1. The van der Waals surface area contributed by atoms with Gasteiger partial charge < -0.3 is 5.73 Å². The van der Waals surface area contributed by atoms with Crippen LogP contribution in [0.2, 0.25) is 5.15 Å². The van der Waals surface area contributed by atoms with Crippen molar-refractivity contribution < 1.29 is 0 Å². The van der Waals surface area contributed by atoms with Gasteiger partial charge in [-0.3, -0.25) is 0 Å². The molecule has 0 atom stereocenters. The molecule has 3 heteroatoms. The van der Waals surface area contributed by atoms with Crippen LogP contribution in [0.3, 0.4) is 0 Å². The van der Waals surface area contributed by atoms with Crippen LogP contribution >= 0.6 is 11.6 Å². The lowest BCUT2D eigenvalue weighted by Crippen LogP contribution is -1.86. The van der Waals surface area contributed by atoms with Gasteiger partial charge in [-0.15, -0.1) is 0 Å². The fourth-order valence-corrected chi connectivity index (χ4v) is 1.39. The predicted molar refractivity (Wildman–Crippen MR) is 59.1 cm³/mol. The van der Waals surface area contributed by atoms with Crippen molar-refractivity contribution in [2.24, 2.45) is 0 Å². The molecule has 1 aromatic heterocycles. The van der Waals surface area contributed by atoms with Crippen LogP contribution in [-0.2, 0) is 0 Å². The maximum atomic E-state index is 5.79. The normalized spacial score (nSPS) is 10.1. The van der Waals surface area contributed by atoms with Crippen molar-refractivity contribution in [2.75, 3.05) is 5.73 Å². The molecular weight excluding hydrogens is 196 g/mol. The average Bonchev–Trinajstić information content (AvgIpc) is 2.19. The summed E-state index contributed by atoms with van der Waals surface area (Å²) in [4.78, 5) is 4.20. The molecule has 14 heavy (non-hydrogen) atoms. The second-order valence-corrected chi connectivity index (χ2v) is 3.35. The van der Waals surface area contributed by atoms with Gasteiger partial charge in [0.1, 0.15) is 5.15 Å². The molecule has 1 aromatic carbocycles. The Kier molecular flexibility index (Phi) is 2.37. The van der Waals surface area contributed by atoms with E-state index in [9.17, 15) is 0 Å². The Labute approximate surface area is 87.4 Å². The third-order valence-electron chi connectivity index (χ3n) is 1.92. The number of halogens is 1. The van der Waals surface area contributed by atoms with Gasteiger partial charge in [0.2, 0.25) is 0 Å². The summed E-state index contributed by atoms with van der Waals surface area (Å²) in [6.45, 7) is 0. The molecule has 0 aliphatic carbocycles. The molecule has 2 aromatic rings. The van der Waals surface area contributed by atoms with Crippen molar-refractivity contribution in [1.82, 2.24) is 4.98 Å². The van der Waals surface area contributed by atoms with E-state index >= 15 is 0 Å². The summed E-state index contributed by atoms with van der Waals surface area (Å²) in [5, 5.41) is 0.499. The van der Waals surface area contributed by atoms with E-state index in [0.29, 0.717) is 5.15 Å². The van der Waals surface area contributed by atoms with Gasteiger partial charge in [0, 0.05) is 11.3 Å². The van der Waals surface area contributed by atoms with E-state index in [1.54, 1.807) is 6.07 Å². The van der Waals surface area contributed by atoms with Crippen LogP contribution in [0, 0.1) is 0 Å². The van der Waals surface area contributed by atoms with Crippen molar-refractivity contribution in [2.45, 2.75) is 0 Å². The van der Waals surface area contributed by atoms with Gasteiger partial charge >= 0.3 is 0 Å². The molecule has 0 aliphatic heterocycles. The fourth-order valence-electron chi connectivity index (χ4n) is 1.22. The molecule has 0 radical (unpaired) electrons. The number of aromatic nitrogens is 1. The zero-order valence-corrected chi connectivity index (χ0v) is 8.20. The SMILES string of the molecule is Nc1ccc(-c2cccc(Cl)n2)cc1. The van der Waals surface area contributed by atoms with Crippen molar-refractivity contribution in [3.8, 4) is 11.3 Å². The lowest BCUT2D eigenvalue weighted by Gasteiger charge is -2.01. The van der Waals surface area contributed by atoms with E-state index < -0.39 is 0 Å². The molecule has 0 fully saturated rings. The molecule has 2 nitrogen and oxygen atoms in total. The first kappa shape index (κ1) is 9.03. The molecule has 0 saturated heterocycles. The van der Waals surface area contributed by atoms with Gasteiger partial charge in [-0.2, -0.15) is 0 Å². The highest BCUT2D eigenvalue weighted by Gasteiger charge is 1.98. The number of nitrogens with two attached hydrogens (primary N) is 1. The molecule has 0 unspecified atom stereocenters. The topological polar surface area (TPSA) is 38.9 Å². The van der Waals surface area contributed by atoms with E-state index in [1.807, 2.05) is 36.4 Å². The molecule has 0 saturated carbocycles. The first-order chi connectivity index (χ1) is 6.75. The second kappa shape index (κ2) is 3.68. The molecule has 0 aliphatic rings. The highest BCUT2D eigenvalue weighted by Crippen LogP contribution is 2.19. The Morgan fingerprint density at radius 3 is 2.36 bits per heavy atom. The largest absolute Gasteiger partial charge is 0.399 e. The van der Waals surface area contributed by atoms with Crippen LogP contribution in [0.25, 0.3) is 11.3 Å². The Morgan fingerprint density at radius 2 is 1.71 bits per heavy atom. The maximum Gasteiger partial charge on any atom is 0.129 e. The lowest BCUT2D eigenvalue weighted by molar-refractivity contribution is 1.33. The van der Waals surface area contributed by atoms with E-state index in [-0.39, 0.29) is 0 Å². The Balaban J connectivity index is 2.44. The van der Waals surface area contributed by atoms with E-state index in [1.165, 1.54) is 0 Å². The maximum absolute atomic E-state index is 5.79. The molecule has 2 rings (SSSR count). The summed E-state index contributed by atoms with van der Waals surface area (Å²) in [6.07, 6.45) is 0. The van der Waals surface area contributed by atoms with Crippen molar-refractivity contribution >= 4 is 17.3 Å². The molecule has 0 spiro atoms. The van der Waals surface area contributed by atoms with Crippen molar-refractivity contribution in [3.63, 3.8) is 0 Å². The van der Waals surface area contributed by atoms with Gasteiger partial charge in [-0.1, -0.05) is 29.8 Å². The van der Waals surface area contributed by atoms with Crippen LogP contribution in [0.4, 0.5) is 5.69 Å². The summed E-state index contributed by atoms with van der Waals surface area (Å²) in [5.41, 5.74) is 8.21. The minimum Gasteiger partial charge on any atom is -0.399 e. The fraction of sp³-hybridized carbons (Fsp3) is 0. The van der Waals surface area contributed by atoms with Crippen LogP contribution < -0.4 is 5.73 Å². The third-order valence-corrected chi connectivity index (χ3v) is 2.13. The summed E-state index contributed by atoms with van der Waals surface area (Å²) >= 11 is 5.79. The van der Waals surface area contributed by atoms with Crippen LogP contribution in [-0.4, -0.2) is 4.98 Å². The summed E-state index contributed by atoms with van der Waals surface area (Å²) < 4.78 is 0. The van der Waals surface area contributed by atoms with E-state index in [4.69, 9.17) is 17.3 Å². The number of nitrogens with zero attached hydrogens (tertiary/aromatic N) is 1. The molecule has 0 amide bonds. The third kappa shape index (κ3) is 1.86. The first-order valence-corrected chi connectivity index (χ1v) is 4.62. The molecule has 70 valence electrons. The summed E-state index contributed by atoms with van der Waals surface area (Å²) in [5.74, 6) is 0. The summed E-state index contributed by atoms with van der Waals surface area (Å²) in [6, 6.07) is 13.1. The van der Waals surface area contributed by atoms with Gasteiger partial charge in [-0.25, -0.2) is 4.98 Å². The number of anilines is 1. The highest BCUT2D eigenvalue weighted by molar-refractivity contribution is 6.29. The Bertz CT molecular complexity index is 437. The Morgan fingerprint density at radius 1 is 1.00 bits per heavy atom. The van der Waals surface area contributed by atoms with Crippen LogP contribution in [0.5, 0.6) is 0 Å². The zero-order valence-electron chi connectivity index (χ0n) is 7.44.